The molecule has 0 radical (unpaired) electrons. The number of nitrogens with zero attached hydrogens (tertiary/aromatic N) is 1. The number of carbonyl (C=O) groups is 1. The van der Waals surface area contributed by atoms with Crippen LogP contribution in [-0.4, -0.2) is 25.7 Å². The molecule has 1 N–H and O–H groups in total. The van der Waals surface area contributed by atoms with E-state index in [0.717, 1.165) is 29.9 Å². The highest BCUT2D eigenvalue weighted by molar-refractivity contribution is 5.77. The van der Waals surface area contributed by atoms with Crippen LogP contribution in [0.4, 0.5) is 0 Å². The van der Waals surface area contributed by atoms with E-state index in [4.69, 9.17) is 14.7 Å². The Balaban J connectivity index is 1.69. The van der Waals surface area contributed by atoms with Gasteiger partial charge < -0.3 is 14.8 Å². The number of ether oxygens (including phenoxy) is 2. The summed E-state index contributed by atoms with van der Waals surface area (Å²) < 4.78 is 11.4. The van der Waals surface area contributed by atoms with Gasteiger partial charge in [0.2, 0.25) is 5.91 Å². The molecule has 0 atom stereocenters. The molecule has 0 aliphatic carbocycles. The second kappa shape index (κ2) is 11.6. The van der Waals surface area contributed by atoms with Gasteiger partial charge in [-0.3, -0.25) is 4.79 Å². The third kappa shape index (κ3) is 7.83. The largest absolute Gasteiger partial charge is 0.490 e. The average Bonchev–Trinajstić information content (AvgIpc) is 2.67. The number of nitriles is 1. The van der Waals surface area contributed by atoms with Gasteiger partial charge in [0.05, 0.1) is 6.07 Å². The summed E-state index contributed by atoms with van der Waals surface area (Å²) in [7, 11) is 0. The molecule has 0 saturated heterocycles. The first-order valence-electron chi connectivity index (χ1n) is 9.28. The molecule has 0 bridgehead atoms. The standard InChI is InChI=1S/C22H26N2O3/c1-2-4-18-7-9-20(10-8-18)26-15-16-27-21-6-3-5-19(17-21)12-14-24-22(25)11-13-23/h3,5-10,17H,2,4,11-12,14-16H2,1H3,(H,24,25). The molecular weight excluding hydrogens is 340 g/mol. The van der Waals surface area contributed by atoms with Crippen molar-refractivity contribution in [2.24, 2.45) is 0 Å². The van der Waals surface area contributed by atoms with Crippen molar-refractivity contribution < 1.29 is 14.3 Å². The topological polar surface area (TPSA) is 71.3 Å². The van der Waals surface area contributed by atoms with Crippen molar-refractivity contribution in [1.82, 2.24) is 5.32 Å². The molecule has 2 aromatic rings. The Hall–Kier alpha value is -3.00. The lowest BCUT2D eigenvalue weighted by Gasteiger charge is -2.10. The van der Waals surface area contributed by atoms with Gasteiger partial charge in [-0.05, 0) is 48.2 Å². The van der Waals surface area contributed by atoms with E-state index in [1.165, 1.54) is 5.56 Å². The predicted molar refractivity (Wildman–Crippen MR) is 105 cm³/mol. The summed E-state index contributed by atoms with van der Waals surface area (Å²) in [4.78, 5) is 11.3. The number of nitrogens with one attached hydrogen (secondary N) is 1. The molecule has 0 aromatic heterocycles. The van der Waals surface area contributed by atoms with Crippen molar-refractivity contribution in [2.45, 2.75) is 32.6 Å². The van der Waals surface area contributed by atoms with E-state index in [1.54, 1.807) is 0 Å². The Morgan fingerprint density at radius 2 is 1.74 bits per heavy atom. The quantitative estimate of drug-likeness (QED) is 0.616. The number of hydrogen-bond acceptors (Lipinski definition) is 4. The molecule has 0 saturated carbocycles. The molecule has 5 heteroatoms. The van der Waals surface area contributed by atoms with Crippen LogP contribution in [0.15, 0.2) is 48.5 Å². The van der Waals surface area contributed by atoms with Gasteiger partial charge in [-0.25, -0.2) is 0 Å². The molecule has 2 aromatic carbocycles. The van der Waals surface area contributed by atoms with Gasteiger partial charge in [0.1, 0.15) is 31.1 Å². The van der Waals surface area contributed by atoms with E-state index in [0.29, 0.717) is 26.2 Å². The molecule has 5 nitrogen and oxygen atoms in total. The van der Waals surface area contributed by atoms with Crippen LogP contribution >= 0.6 is 0 Å². The first-order chi connectivity index (χ1) is 13.2. The average molecular weight is 366 g/mol. The van der Waals surface area contributed by atoms with Gasteiger partial charge in [0, 0.05) is 6.54 Å². The normalized spacial score (nSPS) is 10.1. The fraction of sp³-hybridized carbons (Fsp3) is 0.364. The van der Waals surface area contributed by atoms with Crippen molar-refractivity contribution >= 4 is 5.91 Å². The van der Waals surface area contributed by atoms with Crippen LogP contribution in [0.3, 0.4) is 0 Å². The van der Waals surface area contributed by atoms with Crippen molar-refractivity contribution in [3.63, 3.8) is 0 Å². The van der Waals surface area contributed by atoms with Crippen LogP contribution < -0.4 is 14.8 Å². The summed E-state index contributed by atoms with van der Waals surface area (Å²) >= 11 is 0. The highest BCUT2D eigenvalue weighted by Gasteiger charge is 2.01. The summed E-state index contributed by atoms with van der Waals surface area (Å²) in [5.74, 6) is 1.38. The summed E-state index contributed by atoms with van der Waals surface area (Å²) in [6, 6.07) is 17.8. The zero-order valence-corrected chi connectivity index (χ0v) is 15.7. The minimum absolute atomic E-state index is 0.107. The predicted octanol–water partition coefficient (Wildman–Crippen LogP) is 3.67. The van der Waals surface area contributed by atoms with Gasteiger partial charge in [-0.15, -0.1) is 0 Å². The summed E-state index contributed by atoms with van der Waals surface area (Å²) in [5, 5.41) is 11.2. The van der Waals surface area contributed by atoms with Gasteiger partial charge in [-0.1, -0.05) is 37.6 Å². The third-order valence-corrected chi connectivity index (χ3v) is 3.96. The number of amides is 1. The van der Waals surface area contributed by atoms with Gasteiger partial charge in [0.15, 0.2) is 0 Å². The van der Waals surface area contributed by atoms with E-state index < -0.39 is 0 Å². The fourth-order valence-corrected chi connectivity index (χ4v) is 2.63. The minimum atomic E-state index is -0.246. The Morgan fingerprint density at radius 1 is 1.00 bits per heavy atom. The number of benzene rings is 2. The zero-order valence-electron chi connectivity index (χ0n) is 15.7. The number of aryl methyl sites for hydroxylation is 1. The molecule has 0 fully saturated rings. The zero-order chi connectivity index (χ0) is 19.3. The van der Waals surface area contributed by atoms with Crippen molar-refractivity contribution in [3.8, 4) is 17.6 Å². The van der Waals surface area contributed by atoms with E-state index in [9.17, 15) is 4.79 Å². The van der Waals surface area contributed by atoms with E-state index >= 15 is 0 Å². The first-order valence-corrected chi connectivity index (χ1v) is 9.28. The highest BCUT2D eigenvalue weighted by Crippen LogP contribution is 2.15. The smallest absolute Gasteiger partial charge is 0.234 e. The molecule has 1 amide bonds. The van der Waals surface area contributed by atoms with E-state index in [2.05, 4.69) is 24.4 Å². The Kier molecular flexibility index (Phi) is 8.72. The maximum Gasteiger partial charge on any atom is 0.234 e. The Bertz CT molecular complexity index is 751. The SMILES string of the molecule is CCCc1ccc(OCCOc2cccc(CCNC(=O)CC#N)c2)cc1. The molecular formula is C22H26N2O3. The van der Waals surface area contributed by atoms with Crippen molar-refractivity contribution in [2.75, 3.05) is 19.8 Å². The summed E-state index contributed by atoms with van der Waals surface area (Å²) in [6.45, 7) is 3.60. The molecule has 2 rings (SSSR count). The molecule has 0 unspecified atom stereocenters. The third-order valence-electron chi connectivity index (χ3n) is 3.96. The van der Waals surface area contributed by atoms with Crippen LogP contribution in [-0.2, 0) is 17.6 Å². The number of rotatable bonds is 11. The second-order valence-corrected chi connectivity index (χ2v) is 6.17. The van der Waals surface area contributed by atoms with Gasteiger partial charge in [-0.2, -0.15) is 5.26 Å². The molecule has 27 heavy (non-hydrogen) atoms. The molecule has 142 valence electrons. The van der Waals surface area contributed by atoms with Crippen LogP contribution in [0.2, 0.25) is 0 Å². The van der Waals surface area contributed by atoms with Crippen LogP contribution in [0, 0.1) is 11.3 Å². The lowest BCUT2D eigenvalue weighted by Crippen LogP contribution is -2.24. The Labute approximate surface area is 160 Å². The molecule has 0 spiro atoms. The van der Waals surface area contributed by atoms with Gasteiger partial charge >= 0.3 is 0 Å². The van der Waals surface area contributed by atoms with Crippen LogP contribution in [0.25, 0.3) is 0 Å². The monoisotopic (exact) mass is 366 g/mol. The summed E-state index contributed by atoms with van der Waals surface area (Å²) in [6.07, 6.45) is 2.81. The van der Waals surface area contributed by atoms with Crippen LogP contribution in [0.5, 0.6) is 11.5 Å². The van der Waals surface area contributed by atoms with Crippen molar-refractivity contribution in [1.29, 1.82) is 5.26 Å². The Morgan fingerprint density at radius 3 is 2.44 bits per heavy atom. The molecule has 0 aliphatic rings. The fourth-order valence-electron chi connectivity index (χ4n) is 2.63. The maximum atomic E-state index is 11.3. The number of carbonyl (C=O) groups excluding carboxylic acids is 1. The maximum absolute atomic E-state index is 11.3. The lowest BCUT2D eigenvalue weighted by atomic mass is 10.1. The summed E-state index contributed by atoms with van der Waals surface area (Å²) in [5.41, 5.74) is 2.39. The first kappa shape index (κ1) is 20.3. The highest BCUT2D eigenvalue weighted by atomic mass is 16.5. The lowest BCUT2D eigenvalue weighted by molar-refractivity contribution is -0.120. The van der Waals surface area contributed by atoms with Crippen LogP contribution in [0.1, 0.15) is 30.9 Å². The second-order valence-electron chi connectivity index (χ2n) is 6.17. The van der Waals surface area contributed by atoms with Crippen molar-refractivity contribution in [3.05, 3.63) is 59.7 Å². The molecule has 0 aliphatic heterocycles. The molecule has 0 heterocycles. The van der Waals surface area contributed by atoms with E-state index in [-0.39, 0.29) is 12.3 Å². The van der Waals surface area contributed by atoms with E-state index in [1.807, 2.05) is 42.5 Å². The number of hydrogen-bond donors (Lipinski definition) is 1. The van der Waals surface area contributed by atoms with Gasteiger partial charge in [0.25, 0.3) is 0 Å². The minimum Gasteiger partial charge on any atom is -0.490 e.